The maximum Gasteiger partial charge on any atom is 0.0584 e. The van der Waals surface area contributed by atoms with E-state index in [0.29, 0.717) is 18.7 Å². The van der Waals surface area contributed by atoms with Gasteiger partial charge in [-0.05, 0) is 19.3 Å². The molecule has 1 fully saturated rings. The van der Waals surface area contributed by atoms with E-state index in [2.05, 4.69) is 12.2 Å². The number of aliphatic hydroxyl groups is 1. The molecule has 0 aromatic carbocycles. The summed E-state index contributed by atoms with van der Waals surface area (Å²) in [4.78, 5) is 0. The van der Waals surface area contributed by atoms with Gasteiger partial charge in [-0.1, -0.05) is 39.0 Å². The Balaban J connectivity index is 2.24. The van der Waals surface area contributed by atoms with Gasteiger partial charge in [0, 0.05) is 12.1 Å². The molecule has 0 aromatic rings. The second-order valence-corrected chi connectivity index (χ2v) is 4.52. The Morgan fingerprint density at radius 1 is 1.21 bits per heavy atom. The summed E-state index contributed by atoms with van der Waals surface area (Å²) in [7, 11) is 0. The highest BCUT2D eigenvalue weighted by Crippen LogP contribution is 2.18. The Morgan fingerprint density at radius 2 is 1.86 bits per heavy atom. The average molecular weight is 199 g/mol. The zero-order valence-electron chi connectivity index (χ0n) is 9.47. The number of aliphatic hydroxyl groups excluding tert-OH is 1. The molecule has 2 N–H and O–H groups in total. The first-order valence-electron chi connectivity index (χ1n) is 6.23. The van der Waals surface area contributed by atoms with Crippen LogP contribution in [0.5, 0.6) is 0 Å². The van der Waals surface area contributed by atoms with Crippen molar-refractivity contribution in [1.82, 2.24) is 5.32 Å². The van der Waals surface area contributed by atoms with E-state index in [9.17, 15) is 5.11 Å². The minimum Gasteiger partial charge on any atom is -0.395 e. The topological polar surface area (TPSA) is 32.3 Å². The van der Waals surface area contributed by atoms with Gasteiger partial charge < -0.3 is 10.4 Å². The van der Waals surface area contributed by atoms with Crippen LogP contribution < -0.4 is 5.32 Å². The van der Waals surface area contributed by atoms with Crippen molar-refractivity contribution in [3.63, 3.8) is 0 Å². The van der Waals surface area contributed by atoms with Gasteiger partial charge in [0.1, 0.15) is 0 Å². The highest BCUT2D eigenvalue weighted by molar-refractivity contribution is 4.75. The predicted octanol–water partition coefficient (Wildman–Crippen LogP) is 2.46. The monoisotopic (exact) mass is 199 g/mol. The zero-order valence-corrected chi connectivity index (χ0v) is 9.47. The van der Waals surface area contributed by atoms with Crippen LogP contribution in [0.2, 0.25) is 0 Å². The third-order valence-corrected chi connectivity index (χ3v) is 3.18. The van der Waals surface area contributed by atoms with Gasteiger partial charge in [-0.3, -0.25) is 0 Å². The fraction of sp³-hybridized carbons (Fsp3) is 1.00. The molecule has 1 atom stereocenters. The van der Waals surface area contributed by atoms with Crippen LogP contribution in [-0.2, 0) is 0 Å². The standard InChI is InChI=1S/C12H25NO/c1-2-7-12(10-14)13-11-8-5-3-4-6-9-11/h11-14H,2-10H2,1H3. The van der Waals surface area contributed by atoms with E-state index in [-0.39, 0.29) is 0 Å². The molecule has 0 amide bonds. The highest BCUT2D eigenvalue weighted by atomic mass is 16.3. The van der Waals surface area contributed by atoms with Crippen LogP contribution in [0.15, 0.2) is 0 Å². The van der Waals surface area contributed by atoms with Gasteiger partial charge in [0.05, 0.1) is 6.61 Å². The Morgan fingerprint density at radius 3 is 2.36 bits per heavy atom. The molecule has 0 radical (unpaired) electrons. The molecule has 0 spiro atoms. The fourth-order valence-corrected chi connectivity index (χ4v) is 2.36. The van der Waals surface area contributed by atoms with Crippen molar-refractivity contribution >= 4 is 0 Å². The maximum atomic E-state index is 9.20. The molecule has 1 aliphatic carbocycles. The number of hydrogen-bond donors (Lipinski definition) is 2. The number of hydrogen-bond acceptors (Lipinski definition) is 2. The molecule has 84 valence electrons. The molecule has 1 rings (SSSR count). The lowest BCUT2D eigenvalue weighted by atomic mass is 10.1. The summed E-state index contributed by atoms with van der Waals surface area (Å²) in [6.45, 7) is 2.47. The molecular formula is C12H25NO. The summed E-state index contributed by atoms with van der Waals surface area (Å²) in [6, 6.07) is 1.00. The van der Waals surface area contributed by atoms with E-state index in [1.54, 1.807) is 0 Å². The van der Waals surface area contributed by atoms with Gasteiger partial charge >= 0.3 is 0 Å². The van der Waals surface area contributed by atoms with Gasteiger partial charge in [0.25, 0.3) is 0 Å². The van der Waals surface area contributed by atoms with Crippen LogP contribution in [0.4, 0.5) is 0 Å². The van der Waals surface area contributed by atoms with Crippen LogP contribution in [0.25, 0.3) is 0 Å². The Hall–Kier alpha value is -0.0800. The zero-order chi connectivity index (χ0) is 10.2. The van der Waals surface area contributed by atoms with E-state index in [1.165, 1.54) is 38.5 Å². The summed E-state index contributed by atoms with van der Waals surface area (Å²) in [5.74, 6) is 0. The van der Waals surface area contributed by atoms with Crippen LogP contribution in [0.3, 0.4) is 0 Å². The van der Waals surface area contributed by atoms with E-state index < -0.39 is 0 Å². The molecule has 1 aliphatic rings. The van der Waals surface area contributed by atoms with Gasteiger partial charge in [0.2, 0.25) is 0 Å². The molecular weight excluding hydrogens is 174 g/mol. The van der Waals surface area contributed by atoms with Gasteiger partial charge in [-0.15, -0.1) is 0 Å². The first-order valence-corrected chi connectivity index (χ1v) is 6.23. The van der Waals surface area contributed by atoms with E-state index >= 15 is 0 Å². The molecule has 0 aromatic heterocycles. The van der Waals surface area contributed by atoms with Gasteiger partial charge in [-0.2, -0.15) is 0 Å². The van der Waals surface area contributed by atoms with E-state index in [0.717, 1.165) is 12.8 Å². The fourth-order valence-electron chi connectivity index (χ4n) is 2.36. The van der Waals surface area contributed by atoms with Crippen LogP contribution in [0.1, 0.15) is 58.3 Å². The van der Waals surface area contributed by atoms with Crippen molar-refractivity contribution in [2.45, 2.75) is 70.4 Å². The molecule has 0 saturated heterocycles. The first kappa shape index (κ1) is 12.0. The first-order chi connectivity index (χ1) is 6.86. The van der Waals surface area contributed by atoms with Crippen LogP contribution >= 0.6 is 0 Å². The summed E-state index contributed by atoms with van der Waals surface area (Å²) in [6.07, 6.45) is 10.4. The lowest BCUT2D eigenvalue weighted by molar-refractivity contribution is 0.219. The molecule has 1 saturated carbocycles. The summed E-state index contributed by atoms with van der Waals surface area (Å²) in [5.41, 5.74) is 0. The summed E-state index contributed by atoms with van der Waals surface area (Å²) >= 11 is 0. The Kier molecular flexibility index (Phi) is 6.20. The molecule has 0 bridgehead atoms. The van der Waals surface area contributed by atoms with Crippen molar-refractivity contribution in [3.8, 4) is 0 Å². The van der Waals surface area contributed by atoms with E-state index in [4.69, 9.17) is 0 Å². The Labute approximate surface area is 88.1 Å². The van der Waals surface area contributed by atoms with Crippen molar-refractivity contribution in [1.29, 1.82) is 0 Å². The minimum atomic E-state index is 0.296. The summed E-state index contributed by atoms with van der Waals surface area (Å²) in [5, 5.41) is 12.8. The lowest BCUT2D eigenvalue weighted by Gasteiger charge is -2.23. The molecule has 1 unspecified atom stereocenters. The van der Waals surface area contributed by atoms with Crippen molar-refractivity contribution in [3.05, 3.63) is 0 Å². The van der Waals surface area contributed by atoms with Crippen LogP contribution in [-0.4, -0.2) is 23.8 Å². The quantitative estimate of drug-likeness (QED) is 0.667. The SMILES string of the molecule is CCCC(CO)NC1CCCCCC1. The normalized spacial score (nSPS) is 21.9. The second kappa shape index (κ2) is 7.24. The lowest BCUT2D eigenvalue weighted by Crippen LogP contribution is -2.40. The summed E-state index contributed by atoms with van der Waals surface area (Å²) < 4.78 is 0. The molecule has 2 heteroatoms. The minimum absolute atomic E-state index is 0.296. The third kappa shape index (κ3) is 4.43. The number of nitrogens with one attached hydrogen (secondary N) is 1. The third-order valence-electron chi connectivity index (χ3n) is 3.18. The Bertz CT molecular complexity index is 130. The van der Waals surface area contributed by atoms with Gasteiger partial charge in [0.15, 0.2) is 0 Å². The molecule has 2 nitrogen and oxygen atoms in total. The highest BCUT2D eigenvalue weighted by Gasteiger charge is 2.15. The van der Waals surface area contributed by atoms with Crippen molar-refractivity contribution in [2.75, 3.05) is 6.61 Å². The average Bonchev–Trinajstić information content (AvgIpc) is 2.45. The smallest absolute Gasteiger partial charge is 0.0584 e. The van der Waals surface area contributed by atoms with Crippen molar-refractivity contribution in [2.24, 2.45) is 0 Å². The largest absolute Gasteiger partial charge is 0.395 e. The van der Waals surface area contributed by atoms with Crippen LogP contribution in [0, 0.1) is 0 Å². The number of rotatable bonds is 5. The van der Waals surface area contributed by atoms with Gasteiger partial charge in [-0.25, -0.2) is 0 Å². The van der Waals surface area contributed by atoms with Crippen molar-refractivity contribution < 1.29 is 5.11 Å². The predicted molar refractivity (Wildman–Crippen MR) is 60.4 cm³/mol. The molecule has 0 heterocycles. The molecule has 0 aliphatic heterocycles. The van der Waals surface area contributed by atoms with E-state index in [1.807, 2.05) is 0 Å². The maximum absolute atomic E-state index is 9.20. The second-order valence-electron chi connectivity index (χ2n) is 4.52. The molecule has 14 heavy (non-hydrogen) atoms.